The molecule has 1 aliphatic carbocycles. The van der Waals surface area contributed by atoms with Crippen molar-refractivity contribution in [3.05, 3.63) is 28.2 Å². The molecule has 1 aromatic rings. The fourth-order valence-electron chi connectivity index (χ4n) is 2.31. The van der Waals surface area contributed by atoms with Gasteiger partial charge in [-0.05, 0) is 66.2 Å². The van der Waals surface area contributed by atoms with Crippen LogP contribution in [0.2, 0.25) is 0 Å². The van der Waals surface area contributed by atoms with Crippen molar-refractivity contribution in [1.29, 1.82) is 0 Å². The number of nitrogens with zero attached hydrogens (tertiary/aromatic N) is 1. The SMILES string of the molecule is CC(N)Cc1ccc(N(C)C2CCC2)c(Br)c1. The van der Waals surface area contributed by atoms with E-state index in [4.69, 9.17) is 5.73 Å². The second-order valence-electron chi connectivity index (χ2n) is 5.16. The van der Waals surface area contributed by atoms with Crippen molar-refractivity contribution in [3.8, 4) is 0 Å². The lowest BCUT2D eigenvalue weighted by atomic mass is 9.91. The number of hydrogen-bond acceptors (Lipinski definition) is 2. The van der Waals surface area contributed by atoms with Gasteiger partial charge in [-0.3, -0.25) is 0 Å². The van der Waals surface area contributed by atoms with E-state index in [-0.39, 0.29) is 6.04 Å². The molecule has 2 rings (SSSR count). The second kappa shape index (κ2) is 5.40. The maximum absolute atomic E-state index is 5.83. The average molecular weight is 297 g/mol. The molecule has 0 bridgehead atoms. The lowest BCUT2D eigenvalue weighted by Crippen LogP contribution is -2.37. The summed E-state index contributed by atoms with van der Waals surface area (Å²) >= 11 is 3.68. The fraction of sp³-hybridized carbons (Fsp3) is 0.571. The monoisotopic (exact) mass is 296 g/mol. The summed E-state index contributed by atoms with van der Waals surface area (Å²) < 4.78 is 1.19. The lowest BCUT2D eigenvalue weighted by Gasteiger charge is -2.37. The predicted molar refractivity (Wildman–Crippen MR) is 77.5 cm³/mol. The molecule has 0 aromatic heterocycles. The molecule has 0 heterocycles. The van der Waals surface area contributed by atoms with Crippen molar-refractivity contribution >= 4 is 21.6 Å². The molecule has 1 aliphatic rings. The standard InChI is InChI=1S/C14H21BrN2/c1-10(16)8-11-6-7-14(13(15)9-11)17(2)12-4-3-5-12/h6-7,9-10,12H,3-5,8,16H2,1-2H3. The van der Waals surface area contributed by atoms with Crippen molar-refractivity contribution in [1.82, 2.24) is 0 Å². The number of halogens is 1. The zero-order chi connectivity index (χ0) is 12.4. The Kier molecular flexibility index (Phi) is 4.10. The van der Waals surface area contributed by atoms with Gasteiger partial charge in [0, 0.05) is 23.6 Å². The highest BCUT2D eigenvalue weighted by Gasteiger charge is 2.23. The Labute approximate surface area is 112 Å². The van der Waals surface area contributed by atoms with Crippen LogP contribution in [0.25, 0.3) is 0 Å². The van der Waals surface area contributed by atoms with Crippen molar-refractivity contribution < 1.29 is 0 Å². The van der Waals surface area contributed by atoms with Crippen LogP contribution in [0.15, 0.2) is 22.7 Å². The minimum atomic E-state index is 0.220. The molecule has 1 aromatic carbocycles. The Balaban J connectivity index is 2.13. The van der Waals surface area contributed by atoms with Gasteiger partial charge in [0.2, 0.25) is 0 Å². The van der Waals surface area contributed by atoms with Gasteiger partial charge in [-0.15, -0.1) is 0 Å². The molecule has 94 valence electrons. The lowest BCUT2D eigenvalue weighted by molar-refractivity contribution is 0.401. The van der Waals surface area contributed by atoms with Gasteiger partial charge in [-0.25, -0.2) is 0 Å². The van der Waals surface area contributed by atoms with Crippen LogP contribution in [0.3, 0.4) is 0 Å². The molecular weight excluding hydrogens is 276 g/mol. The van der Waals surface area contributed by atoms with E-state index < -0.39 is 0 Å². The van der Waals surface area contributed by atoms with Gasteiger partial charge in [0.25, 0.3) is 0 Å². The van der Waals surface area contributed by atoms with E-state index in [0.717, 1.165) is 12.5 Å². The third kappa shape index (κ3) is 3.02. The molecule has 3 heteroatoms. The van der Waals surface area contributed by atoms with E-state index >= 15 is 0 Å². The van der Waals surface area contributed by atoms with E-state index in [1.807, 2.05) is 6.92 Å². The number of rotatable bonds is 4. The minimum absolute atomic E-state index is 0.220. The van der Waals surface area contributed by atoms with E-state index in [9.17, 15) is 0 Å². The van der Waals surface area contributed by atoms with Gasteiger partial charge in [0.05, 0.1) is 5.69 Å². The highest BCUT2D eigenvalue weighted by Crippen LogP contribution is 2.33. The molecule has 1 fully saturated rings. The molecule has 0 radical (unpaired) electrons. The first-order valence-electron chi connectivity index (χ1n) is 6.35. The average Bonchev–Trinajstić information content (AvgIpc) is 2.13. The molecule has 1 unspecified atom stereocenters. The molecule has 0 saturated heterocycles. The van der Waals surface area contributed by atoms with Crippen LogP contribution in [-0.2, 0) is 6.42 Å². The van der Waals surface area contributed by atoms with Crippen LogP contribution in [-0.4, -0.2) is 19.1 Å². The molecule has 0 amide bonds. The van der Waals surface area contributed by atoms with Crippen molar-refractivity contribution in [3.63, 3.8) is 0 Å². The van der Waals surface area contributed by atoms with E-state index in [0.29, 0.717) is 0 Å². The Morgan fingerprint density at radius 2 is 2.18 bits per heavy atom. The van der Waals surface area contributed by atoms with Gasteiger partial charge < -0.3 is 10.6 Å². The molecule has 17 heavy (non-hydrogen) atoms. The second-order valence-corrected chi connectivity index (χ2v) is 6.02. The Bertz CT molecular complexity index is 386. The first-order chi connectivity index (χ1) is 8.08. The smallest absolute Gasteiger partial charge is 0.0510 e. The largest absolute Gasteiger partial charge is 0.371 e. The summed E-state index contributed by atoms with van der Waals surface area (Å²) in [5, 5.41) is 0. The van der Waals surface area contributed by atoms with Crippen molar-refractivity contribution in [2.45, 2.75) is 44.7 Å². The van der Waals surface area contributed by atoms with Crippen LogP contribution in [0.1, 0.15) is 31.7 Å². The maximum Gasteiger partial charge on any atom is 0.0510 e. The van der Waals surface area contributed by atoms with Gasteiger partial charge in [-0.1, -0.05) is 6.07 Å². The molecule has 2 nitrogen and oxygen atoms in total. The van der Waals surface area contributed by atoms with Crippen LogP contribution < -0.4 is 10.6 Å². The van der Waals surface area contributed by atoms with Crippen molar-refractivity contribution in [2.24, 2.45) is 5.73 Å². The molecule has 1 atom stereocenters. The van der Waals surface area contributed by atoms with Gasteiger partial charge in [0.1, 0.15) is 0 Å². The third-order valence-corrected chi connectivity index (χ3v) is 4.21. The summed E-state index contributed by atoms with van der Waals surface area (Å²) in [5.74, 6) is 0. The van der Waals surface area contributed by atoms with E-state index in [2.05, 4.69) is 46.1 Å². The highest BCUT2D eigenvalue weighted by atomic mass is 79.9. The number of benzene rings is 1. The zero-order valence-electron chi connectivity index (χ0n) is 10.6. The quantitative estimate of drug-likeness (QED) is 0.923. The topological polar surface area (TPSA) is 29.3 Å². The van der Waals surface area contributed by atoms with E-state index in [1.165, 1.54) is 35.0 Å². The summed E-state index contributed by atoms with van der Waals surface area (Å²) in [6.45, 7) is 2.04. The van der Waals surface area contributed by atoms with E-state index in [1.54, 1.807) is 0 Å². The first-order valence-corrected chi connectivity index (χ1v) is 7.14. The normalized spacial score (nSPS) is 17.6. The van der Waals surface area contributed by atoms with Crippen LogP contribution in [0.4, 0.5) is 5.69 Å². The summed E-state index contributed by atoms with van der Waals surface area (Å²) in [5.41, 5.74) is 8.42. The minimum Gasteiger partial charge on any atom is -0.371 e. The Hall–Kier alpha value is -0.540. The molecule has 0 spiro atoms. The molecular formula is C14H21BrN2. The van der Waals surface area contributed by atoms with Gasteiger partial charge in [-0.2, -0.15) is 0 Å². The molecule has 1 saturated carbocycles. The zero-order valence-corrected chi connectivity index (χ0v) is 12.2. The summed E-state index contributed by atoms with van der Waals surface area (Å²) in [6, 6.07) is 7.55. The first kappa shape index (κ1) is 12.9. The maximum atomic E-state index is 5.83. The summed E-state index contributed by atoms with van der Waals surface area (Å²) in [6.07, 6.45) is 4.95. The third-order valence-electron chi connectivity index (χ3n) is 3.57. The van der Waals surface area contributed by atoms with Gasteiger partial charge >= 0.3 is 0 Å². The summed E-state index contributed by atoms with van der Waals surface area (Å²) in [7, 11) is 2.19. The van der Waals surface area contributed by atoms with Crippen LogP contribution in [0, 0.1) is 0 Å². The molecule has 2 N–H and O–H groups in total. The van der Waals surface area contributed by atoms with Gasteiger partial charge in [0.15, 0.2) is 0 Å². The number of anilines is 1. The van der Waals surface area contributed by atoms with Crippen molar-refractivity contribution in [2.75, 3.05) is 11.9 Å². The van der Waals surface area contributed by atoms with Crippen LogP contribution in [0.5, 0.6) is 0 Å². The van der Waals surface area contributed by atoms with Crippen LogP contribution >= 0.6 is 15.9 Å². The predicted octanol–water partition coefficient (Wildman–Crippen LogP) is 3.33. The number of nitrogens with two attached hydrogens (primary N) is 1. The summed E-state index contributed by atoms with van der Waals surface area (Å²) in [4.78, 5) is 2.39. The fourth-order valence-corrected chi connectivity index (χ4v) is 3.01. The highest BCUT2D eigenvalue weighted by molar-refractivity contribution is 9.10. The Morgan fingerprint density at radius 3 is 2.65 bits per heavy atom. The molecule has 0 aliphatic heterocycles. The Morgan fingerprint density at radius 1 is 1.47 bits per heavy atom. The number of hydrogen-bond donors (Lipinski definition) is 1.